The van der Waals surface area contributed by atoms with Crippen molar-refractivity contribution in [3.05, 3.63) is 40.6 Å². The molecule has 0 aliphatic carbocycles. The van der Waals surface area contributed by atoms with Gasteiger partial charge in [-0.15, -0.1) is 0 Å². The Hall–Kier alpha value is -1.84. The number of pyridine rings is 1. The number of aromatic amines is 1. The highest BCUT2D eigenvalue weighted by atomic mass is 16.1. The summed E-state index contributed by atoms with van der Waals surface area (Å²) < 4.78 is 0. The van der Waals surface area contributed by atoms with Gasteiger partial charge in [0.15, 0.2) is 0 Å². The van der Waals surface area contributed by atoms with E-state index in [0.717, 1.165) is 17.0 Å². The van der Waals surface area contributed by atoms with Crippen molar-refractivity contribution in [2.24, 2.45) is 4.99 Å². The largest absolute Gasteiger partial charge is 0.340 e. The van der Waals surface area contributed by atoms with Crippen LogP contribution in [0.5, 0.6) is 0 Å². The van der Waals surface area contributed by atoms with Crippen molar-refractivity contribution in [2.45, 2.75) is 6.92 Å². The zero-order chi connectivity index (χ0) is 9.42. The van der Waals surface area contributed by atoms with E-state index in [2.05, 4.69) is 21.9 Å². The minimum atomic E-state index is -0.131. The molecule has 4 nitrogen and oxygen atoms in total. The Morgan fingerprint density at radius 3 is 3.08 bits per heavy atom. The lowest BCUT2D eigenvalue weighted by molar-refractivity contribution is 1.19. The lowest BCUT2D eigenvalue weighted by Gasteiger charge is -2.16. The smallest absolute Gasteiger partial charge is 0.250 e. The highest BCUT2D eigenvalue weighted by Gasteiger charge is 2.11. The Morgan fingerprint density at radius 2 is 2.31 bits per heavy atom. The molecule has 0 aromatic carbocycles. The molecule has 0 saturated carbocycles. The summed E-state index contributed by atoms with van der Waals surface area (Å²) in [5.41, 5.74) is 2.40. The van der Waals surface area contributed by atoms with Gasteiger partial charge < -0.3 is 10.3 Å². The van der Waals surface area contributed by atoms with Crippen molar-refractivity contribution < 1.29 is 0 Å². The second-order valence-electron chi connectivity index (χ2n) is 2.89. The standard InChI is InChI=1S/C9H9N3O/c1-5-7-4-10-9(13)3-8(7)12-6(2)11-5/h3-4,12H,2H2,1H3,(H,10,13). The van der Waals surface area contributed by atoms with Gasteiger partial charge >= 0.3 is 0 Å². The van der Waals surface area contributed by atoms with Gasteiger partial charge in [0.2, 0.25) is 5.56 Å². The molecular formula is C9H9N3O. The van der Waals surface area contributed by atoms with Crippen LogP contribution in [0.2, 0.25) is 0 Å². The summed E-state index contributed by atoms with van der Waals surface area (Å²) in [6.45, 7) is 5.56. The first-order chi connectivity index (χ1) is 6.16. The number of hydrogen-bond acceptors (Lipinski definition) is 3. The van der Waals surface area contributed by atoms with Crippen molar-refractivity contribution >= 4 is 11.4 Å². The van der Waals surface area contributed by atoms with Gasteiger partial charge in [0, 0.05) is 17.8 Å². The molecule has 2 heterocycles. The second kappa shape index (κ2) is 2.58. The number of H-pyrrole nitrogens is 1. The molecule has 2 N–H and O–H groups in total. The summed E-state index contributed by atoms with van der Waals surface area (Å²) in [7, 11) is 0. The van der Waals surface area contributed by atoms with E-state index in [1.165, 1.54) is 6.07 Å². The third-order valence-electron chi connectivity index (χ3n) is 1.90. The maximum atomic E-state index is 11.0. The highest BCUT2D eigenvalue weighted by Crippen LogP contribution is 2.20. The minimum Gasteiger partial charge on any atom is -0.340 e. The zero-order valence-electron chi connectivity index (χ0n) is 7.22. The van der Waals surface area contributed by atoms with Crippen molar-refractivity contribution in [1.82, 2.24) is 4.98 Å². The van der Waals surface area contributed by atoms with Crippen molar-refractivity contribution in [2.75, 3.05) is 5.32 Å². The molecule has 0 atom stereocenters. The third-order valence-corrected chi connectivity index (χ3v) is 1.90. The maximum absolute atomic E-state index is 11.0. The van der Waals surface area contributed by atoms with Gasteiger partial charge in [0.1, 0.15) is 5.82 Å². The van der Waals surface area contributed by atoms with Crippen LogP contribution in [0.1, 0.15) is 12.5 Å². The van der Waals surface area contributed by atoms with Crippen LogP contribution in [-0.4, -0.2) is 10.7 Å². The summed E-state index contributed by atoms with van der Waals surface area (Å²) in [5, 5.41) is 2.93. The van der Waals surface area contributed by atoms with Crippen LogP contribution in [0.4, 0.5) is 5.69 Å². The molecule has 1 aliphatic rings. The maximum Gasteiger partial charge on any atom is 0.250 e. The number of aliphatic imine (C=N–C) groups is 1. The summed E-state index contributed by atoms with van der Waals surface area (Å²) in [6, 6.07) is 1.50. The number of nitrogens with zero attached hydrogens (tertiary/aromatic N) is 1. The predicted octanol–water partition coefficient (Wildman–Crippen LogP) is 1.08. The Bertz CT molecular complexity index is 456. The van der Waals surface area contributed by atoms with Crippen LogP contribution in [0, 0.1) is 0 Å². The summed E-state index contributed by atoms with van der Waals surface area (Å²) >= 11 is 0. The first kappa shape index (κ1) is 7.79. The van der Waals surface area contributed by atoms with E-state index < -0.39 is 0 Å². The van der Waals surface area contributed by atoms with Crippen LogP contribution < -0.4 is 10.9 Å². The number of rotatable bonds is 0. The number of anilines is 1. The molecular weight excluding hydrogens is 166 g/mol. The number of nitrogens with one attached hydrogen (secondary N) is 2. The fraction of sp³-hybridized carbons (Fsp3) is 0.111. The highest BCUT2D eigenvalue weighted by molar-refractivity contribution is 6.05. The normalized spacial score (nSPS) is 14.5. The average Bonchev–Trinajstić information content (AvgIpc) is 2.02. The Balaban J connectivity index is 2.66. The van der Waals surface area contributed by atoms with E-state index in [9.17, 15) is 4.79 Å². The average molecular weight is 175 g/mol. The summed E-state index contributed by atoms with van der Waals surface area (Å²) in [6.07, 6.45) is 1.65. The quantitative estimate of drug-likeness (QED) is 0.620. The van der Waals surface area contributed by atoms with E-state index in [0.29, 0.717) is 5.82 Å². The number of fused-ring (bicyclic) bond motifs is 1. The first-order valence-corrected chi connectivity index (χ1v) is 3.91. The van der Waals surface area contributed by atoms with E-state index in [-0.39, 0.29) is 5.56 Å². The Labute approximate surface area is 75.0 Å². The van der Waals surface area contributed by atoms with Gasteiger partial charge in [-0.05, 0) is 6.92 Å². The van der Waals surface area contributed by atoms with Gasteiger partial charge in [-0.2, -0.15) is 0 Å². The van der Waals surface area contributed by atoms with E-state index >= 15 is 0 Å². The SMILES string of the molecule is C=C1N=C(C)c2c[nH]c(=O)cc2N1. The molecule has 66 valence electrons. The zero-order valence-corrected chi connectivity index (χ0v) is 7.22. The molecule has 0 radical (unpaired) electrons. The topological polar surface area (TPSA) is 57.2 Å². The third kappa shape index (κ3) is 1.26. The first-order valence-electron chi connectivity index (χ1n) is 3.91. The molecule has 0 spiro atoms. The van der Waals surface area contributed by atoms with Gasteiger partial charge in [-0.1, -0.05) is 6.58 Å². The van der Waals surface area contributed by atoms with Crippen LogP contribution in [0.25, 0.3) is 0 Å². The second-order valence-corrected chi connectivity index (χ2v) is 2.89. The van der Waals surface area contributed by atoms with E-state index in [4.69, 9.17) is 0 Å². The molecule has 0 unspecified atom stereocenters. The van der Waals surface area contributed by atoms with Crippen molar-refractivity contribution in [3.8, 4) is 0 Å². The van der Waals surface area contributed by atoms with E-state index in [1.807, 2.05) is 6.92 Å². The molecule has 0 amide bonds. The molecule has 13 heavy (non-hydrogen) atoms. The van der Waals surface area contributed by atoms with Crippen LogP contribution in [0.15, 0.2) is 34.5 Å². The molecule has 1 aliphatic heterocycles. The fourth-order valence-corrected chi connectivity index (χ4v) is 1.32. The molecule has 2 rings (SSSR count). The predicted molar refractivity (Wildman–Crippen MR) is 52.0 cm³/mol. The van der Waals surface area contributed by atoms with Gasteiger partial charge in [-0.3, -0.25) is 4.79 Å². The number of aromatic nitrogens is 1. The lowest BCUT2D eigenvalue weighted by atomic mass is 10.1. The molecule has 0 bridgehead atoms. The molecule has 1 aromatic heterocycles. The summed E-state index contributed by atoms with van der Waals surface area (Å²) in [5.74, 6) is 0.565. The minimum absolute atomic E-state index is 0.131. The van der Waals surface area contributed by atoms with Crippen LogP contribution in [0.3, 0.4) is 0 Å². The van der Waals surface area contributed by atoms with Crippen LogP contribution >= 0.6 is 0 Å². The van der Waals surface area contributed by atoms with Crippen LogP contribution in [-0.2, 0) is 0 Å². The molecule has 0 saturated heterocycles. The van der Waals surface area contributed by atoms with Crippen molar-refractivity contribution in [1.29, 1.82) is 0 Å². The molecule has 0 fully saturated rings. The molecule has 4 heteroatoms. The van der Waals surface area contributed by atoms with E-state index in [1.54, 1.807) is 6.20 Å². The van der Waals surface area contributed by atoms with Crippen molar-refractivity contribution in [3.63, 3.8) is 0 Å². The Kier molecular flexibility index (Phi) is 1.55. The number of hydrogen-bond donors (Lipinski definition) is 2. The van der Waals surface area contributed by atoms with Gasteiger partial charge in [-0.25, -0.2) is 4.99 Å². The molecule has 1 aromatic rings. The van der Waals surface area contributed by atoms with Gasteiger partial charge in [0.05, 0.1) is 11.4 Å². The fourth-order valence-electron chi connectivity index (χ4n) is 1.32. The van der Waals surface area contributed by atoms with Gasteiger partial charge in [0.25, 0.3) is 0 Å². The Morgan fingerprint density at radius 1 is 1.54 bits per heavy atom. The monoisotopic (exact) mass is 175 g/mol. The lowest BCUT2D eigenvalue weighted by Crippen LogP contribution is -2.16. The summed E-state index contributed by atoms with van der Waals surface area (Å²) in [4.78, 5) is 17.7.